The molecule has 8 nitrogen and oxygen atoms in total. The summed E-state index contributed by atoms with van der Waals surface area (Å²) in [6.45, 7) is -0.0607. The summed E-state index contributed by atoms with van der Waals surface area (Å²) in [5, 5.41) is 13.2. The van der Waals surface area contributed by atoms with E-state index in [0.29, 0.717) is 0 Å². The molecule has 0 aromatic carbocycles. The number of aromatic nitrogens is 1. The highest BCUT2D eigenvalue weighted by Crippen LogP contribution is 2.16. The number of hydrogen-bond donors (Lipinski definition) is 3. The van der Waals surface area contributed by atoms with Crippen LogP contribution in [-0.4, -0.2) is 41.7 Å². The van der Waals surface area contributed by atoms with Crippen molar-refractivity contribution in [1.29, 1.82) is 0 Å². The van der Waals surface area contributed by atoms with Gasteiger partial charge in [0.2, 0.25) is 5.91 Å². The van der Waals surface area contributed by atoms with Gasteiger partial charge in [0.15, 0.2) is 5.75 Å². The lowest BCUT2D eigenvalue weighted by Crippen LogP contribution is -2.37. The maximum absolute atomic E-state index is 11.2. The number of hydrogen-bond acceptors (Lipinski definition) is 5. The van der Waals surface area contributed by atoms with Gasteiger partial charge in [-0.2, -0.15) is 0 Å². The monoisotopic (exact) mass is 267 g/mol. The fourth-order valence-electron chi connectivity index (χ4n) is 1.18. The van der Waals surface area contributed by atoms with E-state index in [0.717, 1.165) is 0 Å². The molecule has 0 saturated heterocycles. The molecular formula is C11H13N3O5. The van der Waals surface area contributed by atoms with Gasteiger partial charge in [-0.05, 0) is 6.07 Å². The molecule has 3 amide bonds. The molecule has 0 aliphatic heterocycles. The molecule has 3 N–H and O–H groups in total. The molecule has 102 valence electrons. The van der Waals surface area contributed by atoms with E-state index in [2.05, 4.69) is 15.6 Å². The highest BCUT2D eigenvalue weighted by molar-refractivity contribution is 5.94. The second-order valence-electron chi connectivity index (χ2n) is 3.40. The van der Waals surface area contributed by atoms with Crippen LogP contribution >= 0.6 is 0 Å². The largest absolute Gasteiger partial charge is 0.491 e. The van der Waals surface area contributed by atoms with E-state index in [1.807, 2.05) is 0 Å². The Bertz CT molecular complexity index is 489. The summed E-state index contributed by atoms with van der Waals surface area (Å²) in [6.07, 6.45) is 2.50. The number of pyridine rings is 1. The molecule has 0 bridgehead atoms. The third kappa shape index (κ3) is 4.62. The molecule has 0 atom stereocenters. The SMILES string of the molecule is CNC(=O)NC(=O)CCOc1cnccc1C(=O)O. The number of amides is 3. The number of carboxylic acids is 1. The summed E-state index contributed by atoms with van der Waals surface area (Å²) in [4.78, 5) is 36.7. The molecule has 1 heterocycles. The molecule has 0 fully saturated rings. The predicted octanol–water partition coefficient (Wildman–Crippen LogP) is 0.00430. The van der Waals surface area contributed by atoms with Crippen molar-refractivity contribution in [2.75, 3.05) is 13.7 Å². The summed E-state index contributed by atoms with van der Waals surface area (Å²) in [7, 11) is 1.38. The highest BCUT2D eigenvalue weighted by atomic mass is 16.5. The number of nitrogens with one attached hydrogen (secondary N) is 2. The van der Waals surface area contributed by atoms with Gasteiger partial charge >= 0.3 is 12.0 Å². The van der Waals surface area contributed by atoms with E-state index in [-0.39, 0.29) is 24.3 Å². The van der Waals surface area contributed by atoms with Gasteiger partial charge in [-0.25, -0.2) is 9.59 Å². The van der Waals surface area contributed by atoms with Crippen LogP contribution in [0.4, 0.5) is 4.79 Å². The molecule has 8 heteroatoms. The van der Waals surface area contributed by atoms with E-state index < -0.39 is 17.9 Å². The van der Waals surface area contributed by atoms with Gasteiger partial charge < -0.3 is 15.2 Å². The molecule has 0 aliphatic carbocycles. The second-order valence-corrected chi connectivity index (χ2v) is 3.40. The van der Waals surface area contributed by atoms with Crippen molar-refractivity contribution in [2.24, 2.45) is 0 Å². The molecular weight excluding hydrogens is 254 g/mol. The molecule has 0 radical (unpaired) electrons. The molecule has 1 aromatic rings. The number of rotatable bonds is 5. The van der Waals surface area contributed by atoms with E-state index in [4.69, 9.17) is 9.84 Å². The zero-order valence-corrected chi connectivity index (χ0v) is 10.2. The summed E-state index contributed by atoms with van der Waals surface area (Å²) in [5.41, 5.74) is -0.0401. The average molecular weight is 267 g/mol. The van der Waals surface area contributed by atoms with Crippen LogP contribution in [0.1, 0.15) is 16.8 Å². The van der Waals surface area contributed by atoms with Crippen molar-refractivity contribution in [3.63, 3.8) is 0 Å². The third-order valence-corrected chi connectivity index (χ3v) is 2.08. The first-order valence-corrected chi connectivity index (χ1v) is 5.36. The summed E-state index contributed by atoms with van der Waals surface area (Å²) in [6, 6.07) is 0.681. The first-order chi connectivity index (χ1) is 9.04. The Labute approximate surface area is 108 Å². The molecule has 0 unspecified atom stereocenters. The summed E-state index contributed by atoms with van der Waals surface area (Å²) in [5.74, 6) is -1.60. The minimum Gasteiger partial charge on any atom is -0.491 e. The second kappa shape index (κ2) is 6.94. The zero-order valence-electron chi connectivity index (χ0n) is 10.2. The number of imide groups is 1. The van der Waals surface area contributed by atoms with Crippen molar-refractivity contribution in [3.05, 3.63) is 24.0 Å². The first kappa shape index (κ1) is 14.4. The number of nitrogens with zero attached hydrogens (tertiary/aromatic N) is 1. The van der Waals surface area contributed by atoms with Gasteiger partial charge in [0, 0.05) is 13.2 Å². The lowest BCUT2D eigenvalue weighted by molar-refractivity contribution is -0.120. The molecule has 1 aromatic heterocycles. The van der Waals surface area contributed by atoms with Crippen molar-refractivity contribution < 1.29 is 24.2 Å². The molecule has 0 spiro atoms. The minimum absolute atomic E-state index is 0.0401. The zero-order chi connectivity index (χ0) is 14.3. The molecule has 0 aliphatic rings. The quantitative estimate of drug-likeness (QED) is 0.691. The first-order valence-electron chi connectivity index (χ1n) is 5.36. The molecule has 0 saturated carbocycles. The van der Waals surface area contributed by atoms with Crippen LogP contribution < -0.4 is 15.4 Å². The standard InChI is InChI=1S/C11H13N3O5/c1-12-11(18)14-9(15)3-5-19-8-6-13-4-2-7(8)10(16)17/h2,4,6H,3,5H2,1H3,(H,16,17)(H2,12,14,15,18). The lowest BCUT2D eigenvalue weighted by atomic mass is 10.2. The average Bonchev–Trinajstić information content (AvgIpc) is 2.38. The fraction of sp³-hybridized carbons (Fsp3) is 0.273. The Hall–Kier alpha value is -2.64. The van der Waals surface area contributed by atoms with Gasteiger partial charge in [-0.3, -0.25) is 15.1 Å². The van der Waals surface area contributed by atoms with Gasteiger partial charge in [0.05, 0.1) is 19.2 Å². The predicted molar refractivity (Wildman–Crippen MR) is 63.9 cm³/mol. The number of urea groups is 1. The van der Waals surface area contributed by atoms with Crippen molar-refractivity contribution in [1.82, 2.24) is 15.6 Å². The van der Waals surface area contributed by atoms with E-state index in [9.17, 15) is 14.4 Å². The summed E-state index contributed by atoms with van der Waals surface area (Å²) < 4.78 is 5.15. The van der Waals surface area contributed by atoms with Crippen LogP contribution in [0.15, 0.2) is 18.5 Å². The van der Waals surface area contributed by atoms with Crippen molar-refractivity contribution >= 4 is 17.9 Å². The van der Waals surface area contributed by atoms with Crippen LogP contribution in [0.5, 0.6) is 5.75 Å². The van der Waals surface area contributed by atoms with Crippen LogP contribution in [-0.2, 0) is 4.79 Å². The highest BCUT2D eigenvalue weighted by Gasteiger charge is 2.12. The Balaban J connectivity index is 2.47. The number of carbonyl (C=O) groups excluding carboxylic acids is 2. The Morgan fingerprint density at radius 3 is 2.79 bits per heavy atom. The van der Waals surface area contributed by atoms with Gasteiger partial charge in [0.1, 0.15) is 5.56 Å². The topological polar surface area (TPSA) is 118 Å². The summed E-state index contributed by atoms with van der Waals surface area (Å²) >= 11 is 0. The Morgan fingerprint density at radius 1 is 1.42 bits per heavy atom. The number of ether oxygens (including phenoxy) is 1. The van der Waals surface area contributed by atoms with Crippen LogP contribution in [0, 0.1) is 0 Å². The van der Waals surface area contributed by atoms with Crippen molar-refractivity contribution in [3.8, 4) is 5.75 Å². The fourth-order valence-corrected chi connectivity index (χ4v) is 1.18. The number of aromatic carboxylic acids is 1. The number of carbonyl (C=O) groups is 3. The molecule has 1 rings (SSSR count). The van der Waals surface area contributed by atoms with Gasteiger partial charge in [0.25, 0.3) is 0 Å². The lowest BCUT2D eigenvalue weighted by Gasteiger charge is -2.08. The van der Waals surface area contributed by atoms with E-state index in [1.54, 1.807) is 0 Å². The number of carboxylic acid groups (broad SMARTS) is 1. The Morgan fingerprint density at radius 2 is 2.16 bits per heavy atom. The van der Waals surface area contributed by atoms with Crippen LogP contribution in [0.25, 0.3) is 0 Å². The van der Waals surface area contributed by atoms with Crippen LogP contribution in [0.2, 0.25) is 0 Å². The smallest absolute Gasteiger partial charge is 0.339 e. The Kier molecular flexibility index (Phi) is 5.27. The van der Waals surface area contributed by atoms with Crippen LogP contribution in [0.3, 0.4) is 0 Å². The molecule has 19 heavy (non-hydrogen) atoms. The van der Waals surface area contributed by atoms with Crippen molar-refractivity contribution in [2.45, 2.75) is 6.42 Å². The normalized spacial score (nSPS) is 9.53. The maximum Gasteiger partial charge on any atom is 0.339 e. The maximum atomic E-state index is 11.2. The van der Waals surface area contributed by atoms with Gasteiger partial charge in [-0.15, -0.1) is 0 Å². The van der Waals surface area contributed by atoms with E-state index in [1.165, 1.54) is 25.5 Å². The minimum atomic E-state index is -1.15. The van der Waals surface area contributed by atoms with E-state index >= 15 is 0 Å². The third-order valence-electron chi connectivity index (χ3n) is 2.08. The van der Waals surface area contributed by atoms with Gasteiger partial charge in [-0.1, -0.05) is 0 Å².